The van der Waals surface area contributed by atoms with E-state index in [1.807, 2.05) is 159 Å². The third-order valence-electron chi connectivity index (χ3n) is 15.5. The number of piperazine rings is 4. The van der Waals surface area contributed by atoms with E-state index in [1.54, 1.807) is 61.1 Å². The molecule has 6 atom stereocenters. The van der Waals surface area contributed by atoms with E-state index >= 15 is 0 Å². The number of carbonyl (C=O) groups is 6. The summed E-state index contributed by atoms with van der Waals surface area (Å²) < 4.78 is 22.9. The lowest BCUT2D eigenvalue weighted by molar-refractivity contribution is -0.149. The maximum absolute atomic E-state index is 13.9. The first-order valence-corrected chi connectivity index (χ1v) is 32.7. The van der Waals surface area contributed by atoms with Crippen LogP contribution in [0.1, 0.15) is 119 Å². The molecule has 6 amide bonds. The van der Waals surface area contributed by atoms with Crippen molar-refractivity contribution in [2.75, 3.05) is 83.4 Å². The molecule has 0 saturated carbocycles. The van der Waals surface area contributed by atoms with Crippen molar-refractivity contribution >= 4 is 57.8 Å². The molecular formula is C70H101BrN8O12. The molecule has 4 saturated heterocycles. The van der Waals surface area contributed by atoms with Gasteiger partial charge in [-0.1, -0.05) is 115 Å². The number of benzene rings is 4. The third-order valence-corrected chi connectivity index (χ3v) is 16.0. The minimum absolute atomic E-state index is 0.200. The Bertz CT molecular complexity index is 3010. The third kappa shape index (κ3) is 23.3. The molecule has 4 heterocycles. The van der Waals surface area contributed by atoms with Gasteiger partial charge in [0.1, 0.15) is 34.5 Å². The number of carbonyl (C=O) groups excluding carboxylic acids is 6. The van der Waals surface area contributed by atoms with Crippen LogP contribution < -0.4 is 10.2 Å². The molecule has 0 aliphatic carbocycles. The van der Waals surface area contributed by atoms with E-state index in [-0.39, 0.29) is 48.0 Å². The van der Waals surface area contributed by atoms with Crippen molar-refractivity contribution in [1.29, 1.82) is 0 Å². The van der Waals surface area contributed by atoms with Crippen molar-refractivity contribution in [3.05, 3.63) is 136 Å². The lowest BCUT2D eigenvalue weighted by Crippen LogP contribution is -2.64. The molecule has 500 valence electrons. The molecule has 91 heavy (non-hydrogen) atoms. The number of nitrogens with zero attached hydrogens (tertiary/aromatic N) is 7. The fraction of sp³-hybridized carbons (Fsp3) is 0.571. The highest BCUT2D eigenvalue weighted by Crippen LogP contribution is 2.30. The zero-order valence-electron chi connectivity index (χ0n) is 56.2. The normalized spacial score (nSPS) is 19.0. The van der Waals surface area contributed by atoms with Crippen LogP contribution in [0.25, 0.3) is 0 Å². The minimum atomic E-state index is -1.11. The highest BCUT2D eigenvalue weighted by Gasteiger charge is 2.47. The number of hydrogen-bond acceptors (Lipinski definition) is 14. The van der Waals surface area contributed by atoms with E-state index < -0.39 is 53.3 Å². The first kappa shape index (κ1) is 73.1. The van der Waals surface area contributed by atoms with E-state index in [4.69, 9.17) is 18.9 Å². The number of rotatable bonds is 13. The van der Waals surface area contributed by atoms with Gasteiger partial charge in [0.05, 0.1) is 12.2 Å². The average molecular weight is 1330 g/mol. The number of amides is 6. The Balaban J connectivity index is 0.000000249. The van der Waals surface area contributed by atoms with Crippen LogP contribution in [-0.4, -0.2) is 201 Å². The summed E-state index contributed by atoms with van der Waals surface area (Å²) in [5.41, 5.74) is 2.74. The van der Waals surface area contributed by atoms with Crippen molar-refractivity contribution < 1.29 is 57.9 Å². The van der Waals surface area contributed by atoms with Crippen molar-refractivity contribution in [3.8, 4) is 0 Å². The topological polar surface area (TPSA) is 215 Å². The van der Waals surface area contributed by atoms with Crippen LogP contribution in [-0.2, 0) is 54.5 Å². The van der Waals surface area contributed by atoms with Gasteiger partial charge in [0.15, 0.2) is 0 Å². The smallest absolute Gasteiger partial charge is 0.411 e. The molecule has 0 aromatic heterocycles. The maximum Gasteiger partial charge on any atom is 0.411 e. The second-order valence-electron chi connectivity index (χ2n) is 28.0. The molecule has 3 N–H and O–H groups in total. The van der Waals surface area contributed by atoms with Crippen molar-refractivity contribution in [2.24, 2.45) is 11.8 Å². The standard InChI is InChI=1S/C35H50N4O6.C26H33BrN2O4.C9H18N2O2/c1-25(22-27-14-11-15-28(23-27)36-16-18-37(19-17-36)32(42)44-34(2,3)4)30(40)29-31(41)38(24-26-12-9-8-10-13-26)20-21-39(29)33(43)45-35(5,6)7;1-18(15-20-11-8-12-21(27)16-20)23(30)22-24(31)28(17-19-9-6-5-7-10-19)13-14-29(22)25(32)33-26(2,3)4;1-9(2,3)13-8(12)11-6-4-10-5-7-11/h8-15,23,25,29-30,40H,16-22,24H2,1-7H3;5-12,16,18,22-23,30H,13-15,17H2,1-4H3;10H,4-7H2,1-3H3/t25-,29-,30-;18-,22-,23-;/m00./s1. The van der Waals surface area contributed by atoms with E-state index in [0.29, 0.717) is 71.7 Å². The van der Waals surface area contributed by atoms with Crippen LogP contribution >= 0.6 is 15.9 Å². The Morgan fingerprint density at radius 2 is 0.835 bits per heavy atom. The van der Waals surface area contributed by atoms with Gasteiger partial charge in [-0.05, 0) is 154 Å². The van der Waals surface area contributed by atoms with Gasteiger partial charge in [0.25, 0.3) is 0 Å². The first-order chi connectivity index (χ1) is 42.6. The number of aliphatic hydroxyl groups excluding tert-OH is 2. The van der Waals surface area contributed by atoms with Gasteiger partial charge in [-0.2, -0.15) is 0 Å². The quantitative estimate of drug-likeness (QED) is 0.106. The molecular weight excluding hydrogens is 1220 g/mol. The Morgan fingerprint density at radius 3 is 1.23 bits per heavy atom. The fourth-order valence-corrected chi connectivity index (χ4v) is 11.5. The van der Waals surface area contributed by atoms with Gasteiger partial charge in [-0.3, -0.25) is 19.4 Å². The minimum Gasteiger partial charge on any atom is -0.444 e. The predicted octanol–water partition coefficient (Wildman–Crippen LogP) is 10.4. The van der Waals surface area contributed by atoms with E-state index in [0.717, 1.165) is 58.6 Å². The summed E-state index contributed by atoms with van der Waals surface area (Å²) in [6.07, 6.45) is -2.73. The maximum atomic E-state index is 13.9. The van der Waals surface area contributed by atoms with E-state index in [2.05, 4.69) is 32.2 Å². The second-order valence-corrected chi connectivity index (χ2v) is 29.0. The van der Waals surface area contributed by atoms with Crippen LogP contribution in [0.3, 0.4) is 0 Å². The molecule has 21 heteroatoms. The molecule has 4 aliphatic rings. The van der Waals surface area contributed by atoms with Gasteiger partial charge in [0.2, 0.25) is 11.8 Å². The molecule has 8 rings (SSSR count). The van der Waals surface area contributed by atoms with Gasteiger partial charge < -0.3 is 59.0 Å². The highest BCUT2D eigenvalue weighted by molar-refractivity contribution is 9.10. The molecule has 4 fully saturated rings. The van der Waals surface area contributed by atoms with Gasteiger partial charge >= 0.3 is 24.4 Å². The number of ether oxygens (including phenoxy) is 4. The number of nitrogens with one attached hydrogen (secondary N) is 1. The van der Waals surface area contributed by atoms with Gasteiger partial charge in [0, 0.05) is 102 Å². The lowest BCUT2D eigenvalue weighted by Gasteiger charge is -2.43. The molecule has 0 bridgehead atoms. The molecule has 4 aromatic rings. The number of aliphatic hydroxyl groups is 2. The highest BCUT2D eigenvalue weighted by atomic mass is 79.9. The first-order valence-electron chi connectivity index (χ1n) is 31.9. The van der Waals surface area contributed by atoms with E-state index in [1.165, 1.54) is 9.80 Å². The summed E-state index contributed by atoms with van der Waals surface area (Å²) in [7, 11) is 0. The second kappa shape index (κ2) is 32.6. The molecule has 20 nitrogen and oxygen atoms in total. The Labute approximate surface area is 548 Å². The van der Waals surface area contributed by atoms with Gasteiger partial charge in [-0.15, -0.1) is 0 Å². The summed E-state index contributed by atoms with van der Waals surface area (Å²) >= 11 is 3.48. The molecule has 0 unspecified atom stereocenters. The number of anilines is 1. The zero-order chi connectivity index (χ0) is 67.0. The van der Waals surface area contributed by atoms with Crippen LogP contribution in [0.5, 0.6) is 0 Å². The number of hydrogen-bond donors (Lipinski definition) is 3. The predicted molar refractivity (Wildman–Crippen MR) is 356 cm³/mol. The SMILES string of the molecule is CC(C)(C)OC(=O)N1CCNCC1.C[C@@H](Cc1cccc(Br)c1)[C@H](O)[C@H]1C(=O)N(Cc2ccccc2)CCN1C(=O)OC(C)(C)C.C[C@@H](Cc1cccc(N2CCN(C(=O)OC(C)(C)C)CC2)c1)[C@H](O)[C@H]1C(=O)N(Cc2ccccc2)CCN1C(=O)OC(C)(C)C. The lowest BCUT2D eigenvalue weighted by atomic mass is 9.89. The molecule has 0 spiro atoms. The van der Waals surface area contributed by atoms with E-state index in [9.17, 15) is 39.0 Å². The fourth-order valence-electron chi connectivity index (χ4n) is 11.0. The zero-order valence-corrected chi connectivity index (χ0v) is 57.7. The summed E-state index contributed by atoms with van der Waals surface area (Å²) in [6.45, 7) is 33.7. The van der Waals surface area contributed by atoms with Crippen LogP contribution in [0.4, 0.5) is 24.9 Å². The molecule has 4 aromatic carbocycles. The van der Waals surface area contributed by atoms with Crippen molar-refractivity contribution in [2.45, 2.75) is 170 Å². The summed E-state index contributed by atoms with van der Waals surface area (Å²) in [6, 6.07) is 33.4. The number of halogens is 1. The van der Waals surface area contributed by atoms with Crippen molar-refractivity contribution in [3.63, 3.8) is 0 Å². The largest absolute Gasteiger partial charge is 0.444 e. The average Bonchev–Trinajstić information content (AvgIpc) is 1.12. The summed E-state index contributed by atoms with van der Waals surface area (Å²) in [5, 5.41) is 26.2. The monoisotopic (exact) mass is 1320 g/mol. The van der Waals surface area contributed by atoms with Crippen LogP contribution in [0, 0.1) is 11.8 Å². The van der Waals surface area contributed by atoms with Crippen molar-refractivity contribution in [1.82, 2.24) is 34.7 Å². The summed E-state index contributed by atoms with van der Waals surface area (Å²) in [4.78, 5) is 89.6. The van der Waals surface area contributed by atoms with Gasteiger partial charge in [-0.25, -0.2) is 19.2 Å². The Morgan fingerprint density at radius 1 is 0.473 bits per heavy atom. The van der Waals surface area contributed by atoms with Crippen LogP contribution in [0.15, 0.2) is 114 Å². The van der Waals surface area contributed by atoms with Crippen LogP contribution in [0.2, 0.25) is 0 Å². The summed E-state index contributed by atoms with van der Waals surface area (Å²) in [5.74, 6) is -1.13. The molecule has 0 radical (unpaired) electrons. The Kier molecular flexibility index (Phi) is 26.2. The molecule has 4 aliphatic heterocycles. The Hall–Kier alpha value is -6.94.